The van der Waals surface area contributed by atoms with Crippen molar-refractivity contribution in [1.29, 1.82) is 0 Å². The van der Waals surface area contributed by atoms with Crippen LogP contribution in [0.2, 0.25) is 10.0 Å². The number of nitrogens with zero attached hydrogens (tertiary/aromatic N) is 2. The molecule has 28 heavy (non-hydrogen) atoms. The van der Waals surface area contributed by atoms with Gasteiger partial charge in [-0.1, -0.05) is 35.3 Å². The summed E-state index contributed by atoms with van der Waals surface area (Å²) in [4.78, 5) is 11.7. The van der Waals surface area contributed by atoms with Gasteiger partial charge in [0.15, 0.2) is 5.69 Å². The van der Waals surface area contributed by atoms with Crippen LogP contribution in [0.4, 0.5) is 4.39 Å². The zero-order valence-electron chi connectivity index (χ0n) is 14.4. The Morgan fingerprint density at radius 3 is 2.61 bits per heavy atom. The second kappa shape index (κ2) is 7.39. The van der Waals surface area contributed by atoms with Crippen LogP contribution >= 0.6 is 23.2 Å². The maximum Gasteiger partial charge on any atom is 0.356 e. The van der Waals surface area contributed by atoms with Crippen LogP contribution in [0.15, 0.2) is 42.5 Å². The van der Waals surface area contributed by atoms with Crippen molar-refractivity contribution in [1.82, 2.24) is 15.1 Å². The normalized spacial score (nSPS) is 14.9. The molecule has 2 N–H and O–H groups in total. The largest absolute Gasteiger partial charge is 0.476 e. The number of halogens is 3. The Morgan fingerprint density at radius 2 is 1.93 bits per heavy atom. The standard InChI is InChI=1S/C20H14Cl2FN3O2/c21-13-3-6-17(16(22)8-13)26-19-12(7-11-1-4-14(23)5-2-11)9-24-10-15(19)18(25-26)20(27)28/h1-8,24H,9-10H2,(H,27,28). The molecule has 0 saturated heterocycles. The number of carbonyl (C=O) groups is 1. The number of rotatable bonds is 3. The molecule has 0 atom stereocenters. The van der Waals surface area contributed by atoms with Crippen LogP contribution in [0.3, 0.4) is 0 Å². The van der Waals surface area contributed by atoms with Gasteiger partial charge in [-0.05, 0) is 47.5 Å². The van der Waals surface area contributed by atoms with E-state index in [9.17, 15) is 14.3 Å². The van der Waals surface area contributed by atoms with E-state index in [0.717, 1.165) is 11.1 Å². The summed E-state index contributed by atoms with van der Waals surface area (Å²) < 4.78 is 14.8. The lowest BCUT2D eigenvalue weighted by atomic mass is 9.99. The van der Waals surface area contributed by atoms with Gasteiger partial charge in [0.05, 0.1) is 16.4 Å². The minimum atomic E-state index is -1.12. The molecule has 0 amide bonds. The Labute approximate surface area is 170 Å². The molecule has 142 valence electrons. The fraction of sp³-hybridized carbons (Fsp3) is 0.100. The molecule has 0 saturated carbocycles. The van der Waals surface area contributed by atoms with Crippen molar-refractivity contribution < 1.29 is 14.3 Å². The number of aromatic nitrogens is 2. The fourth-order valence-corrected chi connectivity index (χ4v) is 3.72. The predicted octanol–water partition coefficient (Wildman–Crippen LogP) is 4.66. The first-order valence-electron chi connectivity index (χ1n) is 8.42. The van der Waals surface area contributed by atoms with Crippen LogP contribution < -0.4 is 5.32 Å². The maximum absolute atomic E-state index is 13.2. The Morgan fingerprint density at radius 1 is 1.18 bits per heavy atom. The first-order chi connectivity index (χ1) is 13.4. The summed E-state index contributed by atoms with van der Waals surface area (Å²) in [6.07, 6.45) is 1.87. The van der Waals surface area contributed by atoms with Gasteiger partial charge in [0.2, 0.25) is 0 Å². The minimum Gasteiger partial charge on any atom is -0.476 e. The van der Waals surface area contributed by atoms with E-state index in [0.29, 0.717) is 40.1 Å². The van der Waals surface area contributed by atoms with E-state index in [1.807, 2.05) is 6.08 Å². The van der Waals surface area contributed by atoms with E-state index in [4.69, 9.17) is 23.2 Å². The average molecular weight is 418 g/mol. The molecule has 5 nitrogen and oxygen atoms in total. The third-order valence-corrected chi connectivity index (χ3v) is 4.99. The highest BCUT2D eigenvalue weighted by molar-refractivity contribution is 6.35. The Bertz CT molecular complexity index is 1110. The number of carboxylic acids is 1. The molecule has 0 bridgehead atoms. The summed E-state index contributed by atoms with van der Waals surface area (Å²) in [5.41, 5.74) is 3.32. The van der Waals surface area contributed by atoms with Crippen LogP contribution in [0.1, 0.15) is 27.3 Å². The molecule has 0 fully saturated rings. The summed E-state index contributed by atoms with van der Waals surface area (Å²) >= 11 is 12.3. The van der Waals surface area contributed by atoms with Gasteiger partial charge in [0, 0.05) is 23.7 Å². The fourth-order valence-electron chi connectivity index (χ4n) is 3.23. The number of fused-ring (bicyclic) bond motifs is 1. The van der Waals surface area contributed by atoms with Crippen LogP contribution in [-0.4, -0.2) is 27.4 Å². The quantitative estimate of drug-likeness (QED) is 0.650. The van der Waals surface area contributed by atoms with Gasteiger partial charge < -0.3 is 10.4 Å². The Kier molecular flexibility index (Phi) is 4.93. The lowest BCUT2D eigenvalue weighted by molar-refractivity contribution is 0.0688. The van der Waals surface area contributed by atoms with Crippen LogP contribution in [-0.2, 0) is 6.54 Å². The third-order valence-electron chi connectivity index (χ3n) is 4.46. The topological polar surface area (TPSA) is 67.1 Å². The van der Waals surface area contributed by atoms with Crippen LogP contribution in [0.25, 0.3) is 17.3 Å². The van der Waals surface area contributed by atoms with Crippen molar-refractivity contribution in [3.8, 4) is 5.69 Å². The first kappa shape index (κ1) is 18.7. The molecule has 4 rings (SSSR count). The van der Waals surface area contributed by atoms with Crippen LogP contribution in [0.5, 0.6) is 0 Å². The number of hydrogen-bond acceptors (Lipinski definition) is 3. The van der Waals surface area contributed by atoms with Crippen molar-refractivity contribution in [2.45, 2.75) is 6.54 Å². The van der Waals surface area contributed by atoms with Crippen molar-refractivity contribution in [2.75, 3.05) is 6.54 Å². The maximum atomic E-state index is 13.2. The van der Waals surface area contributed by atoms with Gasteiger partial charge in [-0.25, -0.2) is 13.9 Å². The predicted molar refractivity (Wildman–Crippen MR) is 107 cm³/mol. The van der Waals surface area contributed by atoms with E-state index >= 15 is 0 Å². The second-order valence-corrected chi connectivity index (χ2v) is 7.16. The molecule has 1 aromatic heterocycles. The molecular formula is C20H14Cl2FN3O2. The highest BCUT2D eigenvalue weighted by Gasteiger charge is 2.28. The zero-order valence-corrected chi connectivity index (χ0v) is 15.9. The molecule has 2 heterocycles. The highest BCUT2D eigenvalue weighted by atomic mass is 35.5. The van der Waals surface area contributed by atoms with Gasteiger partial charge in [-0.3, -0.25) is 0 Å². The van der Waals surface area contributed by atoms with Gasteiger partial charge in [-0.2, -0.15) is 5.10 Å². The van der Waals surface area contributed by atoms with E-state index in [2.05, 4.69) is 10.4 Å². The monoisotopic (exact) mass is 417 g/mol. The molecule has 0 aliphatic carbocycles. The van der Waals surface area contributed by atoms with Gasteiger partial charge in [0.1, 0.15) is 5.82 Å². The van der Waals surface area contributed by atoms with Crippen molar-refractivity contribution in [2.24, 2.45) is 0 Å². The number of nitrogens with one attached hydrogen (secondary N) is 1. The second-order valence-electron chi connectivity index (χ2n) is 6.31. The van der Waals surface area contributed by atoms with E-state index in [-0.39, 0.29) is 11.5 Å². The molecule has 0 radical (unpaired) electrons. The van der Waals surface area contributed by atoms with E-state index < -0.39 is 5.97 Å². The first-order valence-corrected chi connectivity index (χ1v) is 9.17. The Balaban J connectivity index is 1.94. The van der Waals surface area contributed by atoms with Crippen molar-refractivity contribution in [3.63, 3.8) is 0 Å². The lowest BCUT2D eigenvalue weighted by Crippen LogP contribution is -2.24. The summed E-state index contributed by atoms with van der Waals surface area (Å²) in [5, 5.41) is 17.9. The smallest absolute Gasteiger partial charge is 0.356 e. The molecule has 1 aliphatic rings. The van der Waals surface area contributed by atoms with Gasteiger partial charge in [0.25, 0.3) is 0 Å². The summed E-state index contributed by atoms with van der Waals surface area (Å²) in [5.74, 6) is -1.44. The average Bonchev–Trinajstić information content (AvgIpc) is 3.04. The van der Waals surface area contributed by atoms with Crippen molar-refractivity contribution >= 4 is 40.8 Å². The molecule has 0 spiro atoms. The number of carboxylic acid groups (broad SMARTS) is 1. The van der Waals surface area contributed by atoms with Gasteiger partial charge in [-0.15, -0.1) is 0 Å². The molecule has 1 aliphatic heterocycles. The summed E-state index contributed by atoms with van der Waals surface area (Å²) in [7, 11) is 0. The number of benzene rings is 2. The SMILES string of the molecule is O=C(O)c1nn(-c2ccc(Cl)cc2Cl)c2c1CNCC2=Cc1ccc(F)cc1. The zero-order chi connectivity index (χ0) is 19.8. The van der Waals surface area contributed by atoms with E-state index in [1.165, 1.54) is 16.8 Å². The molecule has 0 unspecified atom stereocenters. The lowest BCUT2D eigenvalue weighted by Gasteiger charge is -2.20. The number of hydrogen-bond donors (Lipinski definition) is 2. The molecule has 8 heteroatoms. The van der Waals surface area contributed by atoms with Crippen LogP contribution in [0, 0.1) is 5.82 Å². The molecular weight excluding hydrogens is 404 g/mol. The summed E-state index contributed by atoms with van der Waals surface area (Å²) in [6.45, 7) is 0.864. The number of aromatic carboxylic acids is 1. The summed E-state index contributed by atoms with van der Waals surface area (Å²) in [6, 6.07) is 11.0. The van der Waals surface area contributed by atoms with Gasteiger partial charge >= 0.3 is 5.97 Å². The third kappa shape index (κ3) is 3.42. The Hall–Kier alpha value is -2.67. The highest BCUT2D eigenvalue weighted by Crippen LogP contribution is 2.33. The molecule has 2 aromatic carbocycles. The van der Waals surface area contributed by atoms with Crippen molar-refractivity contribution in [3.05, 3.63) is 80.8 Å². The minimum absolute atomic E-state index is 0.0433. The van der Waals surface area contributed by atoms with E-state index in [1.54, 1.807) is 30.3 Å². The molecule has 3 aromatic rings.